The average molecular weight is 289 g/mol. The first-order valence-corrected chi connectivity index (χ1v) is 6.85. The van der Waals surface area contributed by atoms with Crippen molar-refractivity contribution in [3.63, 3.8) is 0 Å². The summed E-state index contributed by atoms with van der Waals surface area (Å²) in [6.07, 6.45) is 0. The van der Waals surface area contributed by atoms with E-state index in [4.69, 9.17) is 16.3 Å². The maximum absolute atomic E-state index is 12.1. The molecule has 0 aliphatic heterocycles. The molecule has 0 atom stereocenters. The molecule has 0 radical (unpaired) electrons. The van der Waals surface area contributed by atoms with Crippen LogP contribution in [0, 0.1) is 20.8 Å². The predicted molar refractivity (Wildman–Crippen MR) is 81.9 cm³/mol. The van der Waals surface area contributed by atoms with Crippen molar-refractivity contribution in [2.45, 2.75) is 20.8 Å². The molecule has 0 bridgehead atoms. The van der Waals surface area contributed by atoms with E-state index in [1.807, 2.05) is 26.8 Å². The summed E-state index contributed by atoms with van der Waals surface area (Å²) in [5, 5.41) is 0.457. The fourth-order valence-corrected chi connectivity index (χ4v) is 2.30. The lowest BCUT2D eigenvalue weighted by Crippen LogP contribution is -2.12. The minimum atomic E-state index is -0.117. The number of ether oxygens (including phenoxy) is 1. The summed E-state index contributed by atoms with van der Waals surface area (Å²) in [6, 6.07) is 11.1. The normalized spacial score (nSPS) is 10.4. The molecule has 0 saturated carbocycles. The highest BCUT2D eigenvalue weighted by molar-refractivity contribution is 6.34. The standard InChI is InChI=1S/C17H17ClO2/c1-11-8-12(2)13(3)17(9-11)20-10-16(19)14-6-4-5-7-15(14)18/h4-9H,10H2,1-3H3. The van der Waals surface area contributed by atoms with E-state index in [1.54, 1.807) is 24.3 Å². The zero-order valence-electron chi connectivity index (χ0n) is 11.9. The highest BCUT2D eigenvalue weighted by Crippen LogP contribution is 2.24. The van der Waals surface area contributed by atoms with Crippen LogP contribution in [0.25, 0.3) is 0 Å². The van der Waals surface area contributed by atoms with Gasteiger partial charge in [0, 0.05) is 5.56 Å². The van der Waals surface area contributed by atoms with Crippen molar-refractivity contribution in [1.29, 1.82) is 0 Å². The van der Waals surface area contributed by atoms with Gasteiger partial charge in [0.15, 0.2) is 6.61 Å². The zero-order chi connectivity index (χ0) is 14.7. The minimum Gasteiger partial charge on any atom is -0.485 e. The highest BCUT2D eigenvalue weighted by atomic mass is 35.5. The van der Waals surface area contributed by atoms with E-state index in [0.717, 1.165) is 22.4 Å². The fourth-order valence-electron chi connectivity index (χ4n) is 2.06. The van der Waals surface area contributed by atoms with Gasteiger partial charge in [-0.25, -0.2) is 0 Å². The van der Waals surface area contributed by atoms with Crippen LogP contribution in [0.5, 0.6) is 5.75 Å². The molecule has 0 fully saturated rings. The van der Waals surface area contributed by atoms with Crippen LogP contribution in [0.15, 0.2) is 36.4 Å². The monoisotopic (exact) mass is 288 g/mol. The number of aryl methyl sites for hydroxylation is 2. The Hall–Kier alpha value is -1.80. The van der Waals surface area contributed by atoms with Crippen LogP contribution in [0.2, 0.25) is 5.02 Å². The van der Waals surface area contributed by atoms with E-state index in [-0.39, 0.29) is 12.4 Å². The number of carbonyl (C=O) groups is 1. The Bertz CT molecular complexity index is 647. The second-order valence-electron chi connectivity index (χ2n) is 4.90. The Morgan fingerprint density at radius 2 is 1.85 bits per heavy atom. The number of carbonyl (C=O) groups excluding carboxylic acids is 1. The number of ketones is 1. The molecule has 2 aromatic carbocycles. The summed E-state index contributed by atoms with van der Waals surface area (Å²) >= 11 is 6.01. The van der Waals surface area contributed by atoms with Crippen molar-refractivity contribution >= 4 is 17.4 Å². The molecule has 3 heteroatoms. The number of benzene rings is 2. The van der Waals surface area contributed by atoms with Crippen molar-refractivity contribution in [3.05, 3.63) is 63.7 Å². The second-order valence-corrected chi connectivity index (χ2v) is 5.30. The lowest BCUT2D eigenvalue weighted by atomic mass is 10.1. The number of hydrogen-bond acceptors (Lipinski definition) is 2. The molecule has 2 rings (SSSR count). The summed E-state index contributed by atoms with van der Waals surface area (Å²) in [5.41, 5.74) is 3.83. The molecule has 0 aliphatic rings. The third kappa shape index (κ3) is 3.20. The molecule has 2 nitrogen and oxygen atoms in total. The summed E-state index contributed by atoms with van der Waals surface area (Å²) in [7, 11) is 0. The Labute approximate surface area is 124 Å². The summed E-state index contributed by atoms with van der Waals surface area (Å²) in [6.45, 7) is 6.03. The molecule has 20 heavy (non-hydrogen) atoms. The van der Waals surface area contributed by atoms with Gasteiger partial charge in [-0.1, -0.05) is 29.8 Å². The lowest BCUT2D eigenvalue weighted by molar-refractivity contribution is 0.0921. The van der Waals surface area contributed by atoms with Gasteiger partial charge in [0.2, 0.25) is 5.78 Å². The number of rotatable bonds is 4. The van der Waals surface area contributed by atoms with Gasteiger partial charge in [-0.15, -0.1) is 0 Å². The first kappa shape index (κ1) is 14.6. The second kappa shape index (κ2) is 6.10. The van der Waals surface area contributed by atoms with Crippen LogP contribution < -0.4 is 4.74 Å². The molecule has 0 aliphatic carbocycles. The van der Waals surface area contributed by atoms with Crippen LogP contribution in [-0.4, -0.2) is 12.4 Å². The fraction of sp³-hybridized carbons (Fsp3) is 0.235. The maximum atomic E-state index is 12.1. The van der Waals surface area contributed by atoms with E-state index in [1.165, 1.54) is 0 Å². The number of hydrogen-bond donors (Lipinski definition) is 0. The van der Waals surface area contributed by atoms with E-state index < -0.39 is 0 Å². The Kier molecular flexibility index (Phi) is 4.46. The molecular formula is C17H17ClO2. The molecule has 0 amide bonds. The zero-order valence-corrected chi connectivity index (χ0v) is 12.6. The predicted octanol–water partition coefficient (Wildman–Crippen LogP) is 4.53. The largest absolute Gasteiger partial charge is 0.485 e. The molecular weight excluding hydrogens is 272 g/mol. The quantitative estimate of drug-likeness (QED) is 0.773. The third-order valence-electron chi connectivity index (χ3n) is 3.30. The lowest BCUT2D eigenvalue weighted by Gasteiger charge is -2.12. The third-order valence-corrected chi connectivity index (χ3v) is 3.63. The first-order chi connectivity index (χ1) is 9.49. The molecule has 0 saturated heterocycles. The maximum Gasteiger partial charge on any atom is 0.201 e. The van der Waals surface area contributed by atoms with Gasteiger partial charge in [-0.05, 0) is 55.7 Å². The van der Waals surface area contributed by atoms with Crippen LogP contribution in [0.3, 0.4) is 0 Å². The van der Waals surface area contributed by atoms with Crippen LogP contribution in [0.4, 0.5) is 0 Å². The van der Waals surface area contributed by atoms with E-state index in [2.05, 4.69) is 6.07 Å². The van der Waals surface area contributed by atoms with Crippen molar-refractivity contribution in [2.24, 2.45) is 0 Å². The average Bonchev–Trinajstić information content (AvgIpc) is 2.41. The van der Waals surface area contributed by atoms with Gasteiger partial charge < -0.3 is 4.74 Å². The van der Waals surface area contributed by atoms with Gasteiger partial charge in [0.05, 0.1) is 5.02 Å². The Balaban J connectivity index is 2.14. The summed E-state index contributed by atoms with van der Waals surface area (Å²) < 4.78 is 5.66. The van der Waals surface area contributed by atoms with E-state index in [9.17, 15) is 4.79 Å². The van der Waals surface area contributed by atoms with Crippen LogP contribution in [0.1, 0.15) is 27.0 Å². The van der Waals surface area contributed by atoms with Gasteiger partial charge in [-0.3, -0.25) is 4.79 Å². The molecule has 0 N–H and O–H groups in total. The molecule has 104 valence electrons. The highest BCUT2D eigenvalue weighted by Gasteiger charge is 2.12. The van der Waals surface area contributed by atoms with Gasteiger partial charge in [0.1, 0.15) is 5.75 Å². The SMILES string of the molecule is Cc1cc(C)c(C)c(OCC(=O)c2ccccc2Cl)c1. The van der Waals surface area contributed by atoms with Crippen LogP contribution >= 0.6 is 11.6 Å². The Morgan fingerprint density at radius 1 is 1.15 bits per heavy atom. The summed E-state index contributed by atoms with van der Waals surface area (Å²) in [5.74, 6) is 0.636. The molecule has 0 heterocycles. The first-order valence-electron chi connectivity index (χ1n) is 6.47. The van der Waals surface area contributed by atoms with E-state index >= 15 is 0 Å². The van der Waals surface area contributed by atoms with Gasteiger partial charge >= 0.3 is 0 Å². The van der Waals surface area contributed by atoms with Gasteiger partial charge in [0.25, 0.3) is 0 Å². The van der Waals surface area contributed by atoms with E-state index in [0.29, 0.717) is 10.6 Å². The van der Waals surface area contributed by atoms with Crippen molar-refractivity contribution < 1.29 is 9.53 Å². The van der Waals surface area contributed by atoms with Crippen molar-refractivity contribution in [1.82, 2.24) is 0 Å². The number of Topliss-reactive ketones (excluding diaryl/α,β-unsaturated/α-hetero) is 1. The summed E-state index contributed by atoms with van der Waals surface area (Å²) in [4.78, 5) is 12.1. The Morgan fingerprint density at radius 3 is 2.55 bits per heavy atom. The minimum absolute atomic E-state index is 0.00648. The van der Waals surface area contributed by atoms with Gasteiger partial charge in [-0.2, -0.15) is 0 Å². The molecule has 0 unspecified atom stereocenters. The number of halogens is 1. The molecule has 0 spiro atoms. The van der Waals surface area contributed by atoms with Crippen LogP contribution in [-0.2, 0) is 0 Å². The molecule has 0 aromatic heterocycles. The smallest absolute Gasteiger partial charge is 0.201 e. The topological polar surface area (TPSA) is 26.3 Å². The van der Waals surface area contributed by atoms with Crippen molar-refractivity contribution in [3.8, 4) is 5.75 Å². The van der Waals surface area contributed by atoms with Crippen molar-refractivity contribution in [2.75, 3.05) is 6.61 Å². The molecule has 2 aromatic rings.